The van der Waals surface area contributed by atoms with Crippen molar-refractivity contribution in [3.8, 4) is 0 Å². The zero-order valence-electron chi connectivity index (χ0n) is 61.5. The Morgan fingerprint density at radius 3 is 1.41 bits per heavy atom. The smallest absolute Gasteiger partial charge is 0.305 e. The normalized spacial score (nSPS) is 26.4. The minimum absolute atomic E-state index is 0.0342. The van der Waals surface area contributed by atoms with Crippen molar-refractivity contribution in [1.82, 2.24) is 55.6 Å². The molecular formula is C68H119N11O15. The molecule has 14 atom stereocenters. The molecule has 11 amide bonds. The molecule has 0 radical (unpaired) electrons. The molecule has 1 aliphatic rings. The van der Waals surface area contributed by atoms with Crippen LogP contribution in [0, 0.1) is 41.4 Å². The number of hydrogen-bond acceptors (Lipinski definition) is 15. The van der Waals surface area contributed by atoms with Crippen molar-refractivity contribution < 1.29 is 71.8 Å². The zero-order chi connectivity index (χ0) is 72.8. The van der Waals surface area contributed by atoms with Gasteiger partial charge in [-0.05, 0) is 115 Å². The van der Waals surface area contributed by atoms with E-state index < -0.39 is 173 Å². The standard InChI is InChI=1S/C68H119N11O15/c1-27-30-31-43(15)57(94-47(19)80)56-61(85)71-48(28-2)64(88)73(20)46(18)63(87)78(25)55(42(14)32-33-52(81)93-29-3)60(84)72-53(40(10)11)67(91)74(21)49(34-37(4)5)59(83)69-44(16)58(82)70-45(17)62(86)75(22)50(35-38(6)7)65(89)76(23)51(36-39(8)9)66(90)77(24)54(41(12)13)68(92)79(56)26/h27,30,37-46,48-51,53-57H,28-29,31-36H2,1-26H3,(H,69,83)(H,70,82)(H,71,85)(H,72,84)/b30-27+/t42-,43-,44+,45-,46-,48+,49+,50+,51+,53+,54+,55+,56+,57-/m1/s1. The van der Waals surface area contributed by atoms with Crippen LogP contribution in [0.2, 0.25) is 0 Å². The first-order valence-electron chi connectivity index (χ1n) is 33.5. The van der Waals surface area contributed by atoms with Crippen molar-refractivity contribution in [3.63, 3.8) is 0 Å². The second-order valence-corrected chi connectivity index (χ2v) is 27.7. The molecule has 1 rings (SSSR count). The summed E-state index contributed by atoms with van der Waals surface area (Å²) in [5.74, 6) is -12.6. The van der Waals surface area contributed by atoms with Gasteiger partial charge in [0.2, 0.25) is 65.0 Å². The third-order valence-electron chi connectivity index (χ3n) is 17.7. The van der Waals surface area contributed by atoms with Crippen LogP contribution in [0.15, 0.2) is 12.2 Å². The molecule has 1 heterocycles. The lowest BCUT2D eigenvalue weighted by Gasteiger charge is -2.42. The van der Waals surface area contributed by atoms with Crippen molar-refractivity contribution in [2.24, 2.45) is 41.4 Å². The van der Waals surface area contributed by atoms with E-state index in [-0.39, 0.29) is 69.3 Å². The molecule has 1 fully saturated rings. The molecule has 26 heteroatoms. The van der Waals surface area contributed by atoms with E-state index in [1.807, 2.05) is 41.5 Å². The van der Waals surface area contributed by atoms with Crippen LogP contribution in [-0.4, -0.2) is 240 Å². The number of nitrogens with zero attached hydrogens (tertiary/aromatic N) is 7. The number of esters is 2. The summed E-state index contributed by atoms with van der Waals surface area (Å²) < 4.78 is 11.1. The molecular weight excluding hydrogens is 1210 g/mol. The van der Waals surface area contributed by atoms with E-state index >= 15 is 19.2 Å². The van der Waals surface area contributed by atoms with Gasteiger partial charge >= 0.3 is 11.9 Å². The van der Waals surface area contributed by atoms with Gasteiger partial charge in [0.1, 0.15) is 72.6 Å². The summed E-state index contributed by atoms with van der Waals surface area (Å²) in [5, 5.41) is 11.0. The summed E-state index contributed by atoms with van der Waals surface area (Å²) in [6.07, 6.45) is 2.67. The summed E-state index contributed by atoms with van der Waals surface area (Å²) >= 11 is 0. The number of hydrogen-bond donors (Lipinski definition) is 4. The Labute approximate surface area is 560 Å². The van der Waals surface area contributed by atoms with Crippen molar-refractivity contribution in [3.05, 3.63) is 12.2 Å². The van der Waals surface area contributed by atoms with Crippen LogP contribution in [0.4, 0.5) is 0 Å². The highest BCUT2D eigenvalue weighted by Crippen LogP contribution is 2.28. The Kier molecular flexibility index (Phi) is 35.2. The molecule has 26 nitrogen and oxygen atoms in total. The van der Waals surface area contributed by atoms with Crippen LogP contribution in [-0.2, 0) is 71.8 Å². The minimum atomic E-state index is -1.65. The van der Waals surface area contributed by atoms with Gasteiger partial charge in [0.15, 0.2) is 0 Å². The summed E-state index contributed by atoms with van der Waals surface area (Å²) in [7, 11) is 9.73. The van der Waals surface area contributed by atoms with Crippen LogP contribution in [0.25, 0.3) is 0 Å². The van der Waals surface area contributed by atoms with Gasteiger partial charge in [-0.2, -0.15) is 0 Å². The quantitative estimate of drug-likeness (QED) is 0.104. The molecule has 94 heavy (non-hydrogen) atoms. The largest absolute Gasteiger partial charge is 0.466 e. The Bertz CT molecular complexity index is 2650. The molecule has 0 aromatic carbocycles. The van der Waals surface area contributed by atoms with Gasteiger partial charge in [-0.1, -0.05) is 102 Å². The van der Waals surface area contributed by atoms with Crippen LogP contribution in [0.1, 0.15) is 176 Å². The van der Waals surface area contributed by atoms with Gasteiger partial charge in [-0.15, -0.1) is 0 Å². The molecule has 1 aliphatic heterocycles. The van der Waals surface area contributed by atoms with Crippen molar-refractivity contribution >= 4 is 76.9 Å². The number of ether oxygens (including phenoxy) is 2. The average Bonchev–Trinajstić information content (AvgIpc) is 0.810. The molecule has 0 saturated carbocycles. The number of carbonyl (C=O) groups is 13. The van der Waals surface area contributed by atoms with Crippen LogP contribution in [0.3, 0.4) is 0 Å². The molecule has 0 aliphatic carbocycles. The molecule has 0 aromatic heterocycles. The fourth-order valence-electron chi connectivity index (χ4n) is 11.9. The maximum atomic E-state index is 15.5. The summed E-state index contributed by atoms with van der Waals surface area (Å²) in [5.41, 5.74) is 0. The van der Waals surface area contributed by atoms with E-state index in [4.69, 9.17) is 9.47 Å². The van der Waals surface area contributed by atoms with Crippen molar-refractivity contribution in [2.75, 3.05) is 55.9 Å². The number of allylic oxidation sites excluding steroid dienone is 2. The Morgan fingerprint density at radius 2 is 0.947 bits per heavy atom. The predicted molar refractivity (Wildman–Crippen MR) is 358 cm³/mol. The monoisotopic (exact) mass is 1330 g/mol. The Morgan fingerprint density at radius 1 is 0.489 bits per heavy atom. The van der Waals surface area contributed by atoms with Crippen LogP contribution < -0.4 is 21.3 Å². The van der Waals surface area contributed by atoms with Crippen molar-refractivity contribution in [1.29, 1.82) is 0 Å². The molecule has 4 N–H and O–H groups in total. The fourth-order valence-corrected chi connectivity index (χ4v) is 11.9. The maximum Gasteiger partial charge on any atom is 0.305 e. The predicted octanol–water partition coefficient (Wildman–Crippen LogP) is 4.16. The lowest BCUT2D eigenvalue weighted by Crippen LogP contribution is -2.64. The SMILES string of the molecule is C/C=C/C[C@@H](C)[C@@H](OC(C)=O)[C@H]1C(=O)N[C@@H](CC)C(=O)N(C)[C@H](C)C(=O)N(C)[C@@H]([C@H](C)CCC(=O)OCC)C(=O)N[C@@H](C(C)C)C(=O)N(C)[C@@H](CC(C)C)C(=O)N[C@@H](C)C(=O)N[C@H](C)C(=O)N(C)[C@@H](CC(C)C)C(=O)N(C)[C@@H](CC(C)C)C(=O)N(C)[C@@H](C(C)C)C(=O)N1C. The lowest BCUT2D eigenvalue weighted by molar-refractivity contribution is -0.164. The lowest BCUT2D eigenvalue weighted by atomic mass is 9.91. The number of carbonyl (C=O) groups excluding carboxylic acids is 13. The first-order valence-corrected chi connectivity index (χ1v) is 33.5. The van der Waals surface area contributed by atoms with Gasteiger partial charge in [-0.25, -0.2) is 0 Å². The number of nitrogens with one attached hydrogen (secondary N) is 4. The molecule has 536 valence electrons. The highest BCUT2D eigenvalue weighted by atomic mass is 16.5. The minimum Gasteiger partial charge on any atom is -0.466 e. The third-order valence-corrected chi connectivity index (χ3v) is 17.7. The van der Waals surface area contributed by atoms with Crippen molar-refractivity contribution in [2.45, 2.75) is 249 Å². The van der Waals surface area contributed by atoms with E-state index in [0.717, 1.165) is 21.6 Å². The zero-order valence-corrected chi connectivity index (χ0v) is 61.5. The van der Waals surface area contributed by atoms with Crippen LogP contribution in [0.5, 0.6) is 0 Å². The first kappa shape index (κ1) is 84.9. The summed E-state index contributed by atoms with van der Waals surface area (Å²) in [6, 6.07) is -14.5. The number of amides is 11. The third kappa shape index (κ3) is 23.6. The second-order valence-electron chi connectivity index (χ2n) is 27.7. The molecule has 0 aromatic rings. The number of rotatable bonds is 19. The van der Waals surface area contributed by atoms with Crippen LogP contribution >= 0.6 is 0 Å². The summed E-state index contributed by atoms with van der Waals surface area (Å²) in [4.78, 5) is 198. The molecule has 0 spiro atoms. The molecule has 1 saturated heterocycles. The number of likely N-dealkylation sites (N-methyl/N-ethyl adjacent to an activating group) is 7. The topological polar surface area (TPSA) is 311 Å². The van der Waals surface area contributed by atoms with E-state index in [9.17, 15) is 43.2 Å². The highest BCUT2D eigenvalue weighted by Gasteiger charge is 2.47. The van der Waals surface area contributed by atoms with Gasteiger partial charge in [0.05, 0.1) is 6.61 Å². The molecule has 0 unspecified atom stereocenters. The van der Waals surface area contributed by atoms with Gasteiger partial charge < -0.3 is 65.0 Å². The summed E-state index contributed by atoms with van der Waals surface area (Å²) in [6.45, 7) is 31.8. The van der Waals surface area contributed by atoms with Gasteiger partial charge in [-0.3, -0.25) is 62.3 Å². The maximum absolute atomic E-state index is 15.5. The Hall–Kier alpha value is -7.15. The average molecular weight is 1330 g/mol. The fraction of sp³-hybridized carbons (Fsp3) is 0.779. The van der Waals surface area contributed by atoms with Gasteiger partial charge in [0.25, 0.3) is 0 Å². The second kappa shape index (κ2) is 39.0. The first-order chi connectivity index (χ1) is 43.5. The Balaban J connectivity index is 4.57. The molecule has 0 bridgehead atoms. The van der Waals surface area contributed by atoms with E-state index in [1.54, 1.807) is 74.5 Å². The van der Waals surface area contributed by atoms with Gasteiger partial charge in [0, 0.05) is 62.7 Å². The highest BCUT2D eigenvalue weighted by molar-refractivity contribution is 6.00. The van der Waals surface area contributed by atoms with E-state index in [0.29, 0.717) is 0 Å². The van der Waals surface area contributed by atoms with E-state index in [1.165, 1.54) is 89.7 Å². The van der Waals surface area contributed by atoms with E-state index in [2.05, 4.69) is 21.3 Å².